The van der Waals surface area contributed by atoms with Crippen LogP contribution in [0, 0.1) is 0 Å². The molecule has 0 aromatic rings. The van der Waals surface area contributed by atoms with Crippen molar-refractivity contribution >= 4 is 7.85 Å². The molecule has 0 bridgehead atoms. The summed E-state index contributed by atoms with van der Waals surface area (Å²) >= 11 is 0. The largest absolute Gasteiger partial charge is 0.394 e. The van der Waals surface area contributed by atoms with Gasteiger partial charge in [0.05, 0.1) is 30.9 Å². The zero-order chi connectivity index (χ0) is 8.43. The molecule has 0 spiro atoms. The molecule has 0 aliphatic carbocycles. The van der Waals surface area contributed by atoms with Crippen molar-refractivity contribution in [1.29, 1.82) is 0 Å². The van der Waals surface area contributed by atoms with Gasteiger partial charge in [-0.3, -0.25) is 0 Å². The third kappa shape index (κ3) is 1.93. The minimum absolute atomic E-state index is 0.103. The van der Waals surface area contributed by atoms with E-state index >= 15 is 0 Å². The Morgan fingerprint density at radius 2 is 2.09 bits per heavy atom. The van der Waals surface area contributed by atoms with Crippen LogP contribution in [0.15, 0.2) is 0 Å². The lowest BCUT2D eigenvalue weighted by Crippen LogP contribution is -2.49. The van der Waals surface area contributed by atoms with Crippen molar-refractivity contribution in [2.45, 2.75) is 30.7 Å². The number of ether oxygens (including phenoxy) is 1. The molecular weight excluding hydrogens is 147 g/mol. The molecule has 4 atom stereocenters. The number of rotatable bonds is 1. The van der Waals surface area contributed by atoms with Crippen molar-refractivity contribution in [3.63, 3.8) is 0 Å². The Morgan fingerprint density at radius 1 is 1.45 bits per heavy atom. The summed E-state index contributed by atoms with van der Waals surface area (Å²) in [4.78, 5) is 0. The van der Waals surface area contributed by atoms with Gasteiger partial charge >= 0.3 is 0 Å². The monoisotopic (exact) mass is 160 g/mol. The van der Waals surface area contributed by atoms with E-state index in [0.29, 0.717) is 6.42 Å². The minimum Gasteiger partial charge on any atom is -0.394 e. The van der Waals surface area contributed by atoms with Crippen LogP contribution in [-0.4, -0.2) is 54.1 Å². The van der Waals surface area contributed by atoms with Crippen LogP contribution < -0.4 is 0 Å². The van der Waals surface area contributed by atoms with E-state index in [1.165, 1.54) is 0 Å². The third-order valence-corrected chi connectivity index (χ3v) is 1.99. The normalized spacial score (nSPS) is 45.7. The predicted molar refractivity (Wildman–Crippen MR) is 40.9 cm³/mol. The topological polar surface area (TPSA) is 69.9 Å². The van der Waals surface area contributed by atoms with Crippen LogP contribution >= 0.6 is 0 Å². The first-order valence-electron chi connectivity index (χ1n) is 3.77. The summed E-state index contributed by atoms with van der Waals surface area (Å²) in [5.41, 5.74) is 0. The maximum atomic E-state index is 9.21. The van der Waals surface area contributed by atoms with Gasteiger partial charge in [0.1, 0.15) is 7.85 Å². The Morgan fingerprint density at radius 3 is 2.55 bits per heavy atom. The van der Waals surface area contributed by atoms with E-state index in [1.54, 1.807) is 7.85 Å². The van der Waals surface area contributed by atoms with Crippen molar-refractivity contribution in [3.05, 3.63) is 0 Å². The highest BCUT2D eigenvalue weighted by molar-refractivity contribution is 6.11. The van der Waals surface area contributed by atoms with Gasteiger partial charge in [-0.1, -0.05) is 0 Å². The van der Waals surface area contributed by atoms with Crippen molar-refractivity contribution < 1.29 is 20.1 Å². The minimum atomic E-state index is -0.821. The van der Waals surface area contributed by atoms with Gasteiger partial charge in [-0.2, -0.15) is 0 Å². The number of hydrogen-bond donors (Lipinski definition) is 3. The van der Waals surface area contributed by atoms with E-state index < -0.39 is 18.2 Å². The fourth-order valence-electron chi connectivity index (χ4n) is 1.28. The van der Waals surface area contributed by atoms with E-state index in [0.717, 1.165) is 0 Å². The smallest absolute Gasteiger partial charge is 0.142 e. The lowest BCUT2D eigenvalue weighted by molar-refractivity contribution is -0.148. The maximum absolute atomic E-state index is 9.21. The van der Waals surface area contributed by atoms with Gasteiger partial charge in [-0.25, -0.2) is 0 Å². The molecule has 0 amide bonds. The molecule has 0 aromatic carbocycles. The van der Waals surface area contributed by atoms with Crippen LogP contribution in [0.1, 0.15) is 6.42 Å². The standard InChI is InChI=1S/C6H13BO4/c7-6-5(10)4(9)1-3(2-8)11-6/h3-6,8-10H,1-2,7H2/t3-,4-,5+,6+/m0/s1. The van der Waals surface area contributed by atoms with Crippen LogP contribution in [0.4, 0.5) is 0 Å². The summed E-state index contributed by atoms with van der Waals surface area (Å²) in [7, 11) is 1.68. The Balaban J connectivity index is 2.47. The van der Waals surface area contributed by atoms with E-state index in [9.17, 15) is 10.2 Å². The summed E-state index contributed by atoms with van der Waals surface area (Å²) in [6.07, 6.45) is -1.61. The Bertz CT molecular complexity index is 120. The first-order chi connectivity index (χ1) is 5.15. The van der Waals surface area contributed by atoms with Gasteiger partial charge in [0.25, 0.3) is 0 Å². The molecule has 11 heavy (non-hydrogen) atoms. The van der Waals surface area contributed by atoms with Crippen LogP contribution in [0.3, 0.4) is 0 Å². The number of hydrogen-bond acceptors (Lipinski definition) is 4. The third-order valence-electron chi connectivity index (χ3n) is 1.99. The number of aliphatic hydroxyl groups is 3. The second-order valence-electron chi connectivity index (χ2n) is 2.94. The molecule has 5 heteroatoms. The molecule has 1 rings (SSSR count). The quantitative estimate of drug-likeness (QED) is 0.369. The second-order valence-corrected chi connectivity index (χ2v) is 2.94. The van der Waals surface area contributed by atoms with Crippen LogP contribution in [-0.2, 0) is 4.74 Å². The summed E-state index contributed by atoms with van der Waals surface area (Å²) in [5, 5.41) is 27.1. The van der Waals surface area contributed by atoms with Gasteiger partial charge in [0.2, 0.25) is 0 Å². The lowest BCUT2D eigenvalue weighted by atomic mass is 9.86. The summed E-state index contributed by atoms with van der Waals surface area (Å²) in [5.74, 6) is 0. The molecule has 0 aromatic heterocycles. The number of aliphatic hydroxyl groups excluding tert-OH is 3. The highest BCUT2D eigenvalue weighted by atomic mass is 16.5. The molecule has 1 aliphatic rings. The second kappa shape index (κ2) is 3.54. The molecule has 64 valence electrons. The van der Waals surface area contributed by atoms with Crippen molar-refractivity contribution in [1.82, 2.24) is 0 Å². The maximum Gasteiger partial charge on any atom is 0.142 e. The summed E-state index contributed by atoms with van der Waals surface area (Å²) in [6.45, 7) is -0.103. The van der Waals surface area contributed by atoms with Gasteiger partial charge in [-0.15, -0.1) is 0 Å². The lowest BCUT2D eigenvalue weighted by Gasteiger charge is -2.34. The average Bonchev–Trinajstić information content (AvgIpc) is 1.99. The highest BCUT2D eigenvalue weighted by Gasteiger charge is 2.33. The molecule has 0 saturated carbocycles. The first-order valence-corrected chi connectivity index (χ1v) is 3.77. The molecule has 4 nitrogen and oxygen atoms in total. The van der Waals surface area contributed by atoms with Gasteiger partial charge in [0.15, 0.2) is 0 Å². The van der Waals surface area contributed by atoms with E-state index in [2.05, 4.69) is 0 Å². The molecule has 0 unspecified atom stereocenters. The van der Waals surface area contributed by atoms with Crippen LogP contribution in [0.2, 0.25) is 0 Å². The zero-order valence-corrected chi connectivity index (χ0v) is 6.47. The van der Waals surface area contributed by atoms with E-state index in [-0.39, 0.29) is 12.7 Å². The van der Waals surface area contributed by atoms with Gasteiger partial charge in [-0.05, 0) is 0 Å². The molecule has 3 N–H and O–H groups in total. The van der Waals surface area contributed by atoms with Crippen molar-refractivity contribution in [2.24, 2.45) is 0 Å². The van der Waals surface area contributed by atoms with E-state index in [4.69, 9.17) is 9.84 Å². The molecule has 0 radical (unpaired) electrons. The molecular formula is C6H13BO4. The fraction of sp³-hybridized carbons (Fsp3) is 1.00. The van der Waals surface area contributed by atoms with Gasteiger partial charge < -0.3 is 20.1 Å². The fourth-order valence-corrected chi connectivity index (χ4v) is 1.28. The Kier molecular flexibility index (Phi) is 2.89. The summed E-state index contributed by atoms with van der Waals surface area (Å²) in [6, 6.07) is -0.393. The zero-order valence-electron chi connectivity index (χ0n) is 6.47. The first kappa shape index (κ1) is 9.00. The van der Waals surface area contributed by atoms with Gasteiger partial charge in [0, 0.05) is 6.42 Å². The average molecular weight is 160 g/mol. The Labute approximate surface area is 66.2 Å². The van der Waals surface area contributed by atoms with Crippen molar-refractivity contribution in [2.75, 3.05) is 6.61 Å². The van der Waals surface area contributed by atoms with Crippen LogP contribution in [0.25, 0.3) is 0 Å². The molecule has 1 heterocycles. The SMILES string of the molecule is B[C@@H]1O[C@H](CO)C[C@H](O)[C@H]1O. The molecule has 1 saturated heterocycles. The predicted octanol–water partition coefficient (Wildman–Crippen LogP) is -2.55. The highest BCUT2D eigenvalue weighted by Crippen LogP contribution is 2.17. The molecule has 1 aliphatic heterocycles. The molecule has 1 fully saturated rings. The van der Waals surface area contributed by atoms with E-state index in [1.807, 2.05) is 0 Å². The van der Waals surface area contributed by atoms with Crippen LogP contribution in [0.5, 0.6) is 0 Å². The Hall–Kier alpha value is -0.0951. The van der Waals surface area contributed by atoms with Crippen molar-refractivity contribution in [3.8, 4) is 0 Å². The summed E-state index contributed by atoms with van der Waals surface area (Å²) < 4.78 is 5.16.